The number of rotatable bonds is 7. The van der Waals surface area contributed by atoms with Gasteiger partial charge in [0.1, 0.15) is 5.75 Å². The van der Waals surface area contributed by atoms with Crippen LogP contribution in [0.3, 0.4) is 0 Å². The summed E-state index contributed by atoms with van der Waals surface area (Å²) < 4.78 is 5.08. The second-order valence-electron chi connectivity index (χ2n) is 5.65. The number of ether oxygens (including phenoxy) is 1. The lowest BCUT2D eigenvalue weighted by molar-refractivity contribution is -0.116. The lowest BCUT2D eigenvalue weighted by atomic mass is 10.1. The van der Waals surface area contributed by atoms with E-state index < -0.39 is 0 Å². The number of nitrogens with one attached hydrogen (secondary N) is 2. The first kappa shape index (κ1) is 18.5. The maximum atomic E-state index is 12.3. The summed E-state index contributed by atoms with van der Waals surface area (Å²) in [7, 11) is 1.58. The van der Waals surface area contributed by atoms with Crippen molar-refractivity contribution in [3.05, 3.63) is 53.6 Å². The quantitative estimate of drug-likeness (QED) is 0.722. The Hall–Kier alpha value is -2.86. The van der Waals surface area contributed by atoms with Crippen molar-refractivity contribution < 1.29 is 14.3 Å². The van der Waals surface area contributed by atoms with Crippen LogP contribution in [0, 0.1) is 6.92 Å². The minimum atomic E-state index is -0.203. The number of nitrogens with two attached hydrogens (primary N) is 1. The summed E-state index contributed by atoms with van der Waals surface area (Å²) in [5.74, 6) is 0.424. The average Bonchev–Trinajstić information content (AvgIpc) is 2.62. The molecule has 0 atom stereocenters. The number of methoxy groups -OCH3 is 1. The van der Waals surface area contributed by atoms with Crippen LogP contribution in [0.25, 0.3) is 0 Å². The Labute approximate surface area is 147 Å². The van der Waals surface area contributed by atoms with Gasteiger partial charge < -0.3 is 21.1 Å². The molecule has 0 aromatic heterocycles. The van der Waals surface area contributed by atoms with Gasteiger partial charge in [0, 0.05) is 23.4 Å². The second-order valence-corrected chi connectivity index (χ2v) is 5.65. The normalized spacial score (nSPS) is 10.2. The highest BCUT2D eigenvalue weighted by Gasteiger charge is 2.09. The van der Waals surface area contributed by atoms with E-state index in [-0.39, 0.29) is 11.8 Å². The van der Waals surface area contributed by atoms with Crippen LogP contribution in [0.1, 0.15) is 28.8 Å². The van der Waals surface area contributed by atoms with Gasteiger partial charge in [-0.3, -0.25) is 9.59 Å². The molecule has 0 saturated heterocycles. The number of carbonyl (C=O) groups excluding carboxylic acids is 2. The molecule has 0 fully saturated rings. The van der Waals surface area contributed by atoms with Crippen molar-refractivity contribution in [2.24, 2.45) is 5.73 Å². The Morgan fingerprint density at radius 3 is 2.40 bits per heavy atom. The average molecular weight is 341 g/mol. The molecule has 25 heavy (non-hydrogen) atoms. The Morgan fingerprint density at radius 1 is 1.08 bits per heavy atom. The van der Waals surface area contributed by atoms with Gasteiger partial charge in [0.05, 0.1) is 7.11 Å². The Bertz CT molecular complexity index is 742. The third-order valence-corrected chi connectivity index (χ3v) is 3.72. The predicted octanol–water partition coefficient (Wildman–Crippen LogP) is 2.93. The number of anilines is 2. The highest BCUT2D eigenvalue weighted by molar-refractivity contribution is 6.05. The minimum absolute atomic E-state index is 0.0696. The van der Waals surface area contributed by atoms with Crippen molar-refractivity contribution in [3.8, 4) is 5.75 Å². The summed E-state index contributed by atoms with van der Waals surface area (Å²) in [6, 6.07) is 12.2. The molecule has 0 unspecified atom stereocenters. The van der Waals surface area contributed by atoms with E-state index in [0.717, 1.165) is 5.56 Å². The maximum Gasteiger partial charge on any atom is 0.255 e. The van der Waals surface area contributed by atoms with Gasteiger partial charge in [-0.2, -0.15) is 0 Å². The van der Waals surface area contributed by atoms with Gasteiger partial charge >= 0.3 is 0 Å². The summed E-state index contributed by atoms with van der Waals surface area (Å²) in [5.41, 5.74) is 8.19. The van der Waals surface area contributed by atoms with Crippen LogP contribution in [0.2, 0.25) is 0 Å². The summed E-state index contributed by atoms with van der Waals surface area (Å²) in [6.07, 6.45) is 1.05. The van der Waals surface area contributed by atoms with Gasteiger partial charge in [0.2, 0.25) is 5.91 Å². The van der Waals surface area contributed by atoms with Crippen molar-refractivity contribution in [2.45, 2.75) is 19.8 Å². The molecule has 0 aliphatic rings. The van der Waals surface area contributed by atoms with E-state index in [0.29, 0.717) is 42.1 Å². The van der Waals surface area contributed by atoms with Crippen molar-refractivity contribution in [3.63, 3.8) is 0 Å². The molecular formula is C19H23N3O3. The summed E-state index contributed by atoms with van der Waals surface area (Å²) in [4.78, 5) is 24.0. The Balaban J connectivity index is 2.02. The van der Waals surface area contributed by atoms with Gasteiger partial charge in [-0.25, -0.2) is 0 Å². The molecule has 6 heteroatoms. The molecule has 0 saturated carbocycles. The maximum absolute atomic E-state index is 12.3. The lowest BCUT2D eigenvalue weighted by Crippen LogP contribution is -2.15. The largest absolute Gasteiger partial charge is 0.497 e. The van der Waals surface area contributed by atoms with Crippen molar-refractivity contribution >= 4 is 23.2 Å². The first-order valence-corrected chi connectivity index (χ1v) is 8.09. The molecular weight excluding hydrogens is 318 g/mol. The van der Waals surface area contributed by atoms with Crippen LogP contribution in [0.5, 0.6) is 5.75 Å². The van der Waals surface area contributed by atoms with E-state index in [1.807, 2.05) is 13.0 Å². The fourth-order valence-electron chi connectivity index (χ4n) is 2.30. The zero-order valence-electron chi connectivity index (χ0n) is 14.5. The fraction of sp³-hybridized carbons (Fsp3) is 0.263. The van der Waals surface area contributed by atoms with E-state index in [1.54, 1.807) is 43.5 Å². The van der Waals surface area contributed by atoms with Crippen LogP contribution in [-0.4, -0.2) is 25.5 Å². The van der Waals surface area contributed by atoms with Gasteiger partial charge in [-0.1, -0.05) is 0 Å². The zero-order chi connectivity index (χ0) is 18.2. The number of benzene rings is 2. The zero-order valence-corrected chi connectivity index (χ0v) is 14.5. The lowest BCUT2D eigenvalue weighted by Gasteiger charge is -2.11. The van der Waals surface area contributed by atoms with Crippen LogP contribution < -0.4 is 21.1 Å². The van der Waals surface area contributed by atoms with E-state index >= 15 is 0 Å². The molecule has 132 valence electrons. The molecule has 0 radical (unpaired) electrons. The molecule has 2 rings (SSSR count). The van der Waals surface area contributed by atoms with Crippen LogP contribution in [-0.2, 0) is 4.79 Å². The van der Waals surface area contributed by atoms with Gasteiger partial charge in [-0.15, -0.1) is 0 Å². The topological polar surface area (TPSA) is 93.5 Å². The fourth-order valence-corrected chi connectivity index (χ4v) is 2.30. The Kier molecular flexibility index (Phi) is 6.54. The minimum Gasteiger partial charge on any atom is -0.497 e. The third kappa shape index (κ3) is 5.32. The van der Waals surface area contributed by atoms with Crippen LogP contribution in [0.4, 0.5) is 11.4 Å². The number of carbonyl (C=O) groups is 2. The monoisotopic (exact) mass is 341 g/mol. The van der Waals surface area contributed by atoms with Crippen LogP contribution in [0.15, 0.2) is 42.5 Å². The van der Waals surface area contributed by atoms with Crippen molar-refractivity contribution in [1.29, 1.82) is 0 Å². The van der Waals surface area contributed by atoms with Crippen molar-refractivity contribution in [2.75, 3.05) is 24.3 Å². The number of amides is 2. The summed E-state index contributed by atoms with van der Waals surface area (Å²) >= 11 is 0. The summed E-state index contributed by atoms with van der Waals surface area (Å²) in [5, 5.41) is 5.69. The molecule has 0 aliphatic heterocycles. The molecule has 2 aromatic carbocycles. The molecule has 0 spiro atoms. The SMILES string of the molecule is COc1ccc(C(=O)Nc2ccc(NC(=O)CCCN)cc2C)cc1. The first-order chi connectivity index (χ1) is 12.0. The van der Waals surface area contributed by atoms with Gasteiger partial charge in [0.15, 0.2) is 0 Å². The van der Waals surface area contributed by atoms with Gasteiger partial charge in [0.25, 0.3) is 5.91 Å². The van der Waals surface area contributed by atoms with Gasteiger partial charge in [-0.05, 0) is 67.9 Å². The number of hydrogen-bond acceptors (Lipinski definition) is 4. The molecule has 0 aliphatic carbocycles. The molecule has 0 heterocycles. The van der Waals surface area contributed by atoms with Crippen molar-refractivity contribution in [1.82, 2.24) is 0 Å². The highest BCUT2D eigenvalue weighted by Crippen LogP contribution is 2.21. The molecule has 2 amide bonds. The smallest absolute Gasteiger partial charge is 0.255 e. The number of hydrogen-bond donors (Lipinski definition) is 3. The predicted molar refractivity (Wildman–Crippen MR) is 99.0 cm³/mol. The second kappa shape index (κ2) is 8.84. The number of aryl methyl sites for hydroxylation is 1. The van der Waals surface area contributed by atoms with E-state index in [4.69, 9.17) is 10.5 Å². The highest BCUT2D eigenvalue weighted by atomic mass is 16.5. The van der Waals surface area contributed by atoms with E-state index in [1.165, 1.54) is 0 Å². The van der Waals surface area contributed by atoms with E-state index in [9.17, 15) is 9.59 Å². The van der Waals surface area contributed by atoms with Crippen LogP contribution >= 0.6 is 0 Å². The standard InChI is InChI=1S/C19H23N3O3/c1-13-12-15(21-18(23)4-3-11-20)7-10-17(13)22-19(24)14-5-8-16(25-2)9-6-14/h5-10,12H,3-4,11,20H2,1-2H3,(H,21,23)(H,22,24). The molecule has 0 bridgehead atoms. The molecule has 2 aromatic rings. The van der Waals surface area contributed by atoms with E-state index in [2.05, 4.69) is 10.6 Å². The Morgan fingerprint density at radius 2 is 1.80 bits per heavy atom. The molecule has 4 N–H and O–H groups in total. The summed E-state index contributed by atoms with van der Waals surface area (Å²) in [6.45, 7) is 2.36. The molecule has 6 nitrogen and oxygen atoms in total. The third-order valence-electron chi connectivity index (χ3n) is 3.72. The first-order valence-electron chi connectivity index (χ1n) is 8.09.